The molecule has 0 aliphatic rings. The van der Waals surface area contributed by atoms with Crippen molar-refractivity contribution in [1.29, 1.82) is 0 Å². The Labute approximate surface area is 132 Å². The quantitative estimate of drug-likeness (QED) is 0.740. The lowest BCUT2D eigenvalue weighted by Crippen LogP contribution is -2.19. The summed E-state index contributed by atoms with van der Waals surface area (Å²) >= 11 is 2.21. The third-order valence-electron chi connectivity index (χ3n) is 3.01. The number of nitrogens with one attached hydrogen (secondary N) is 1. The fourth-order valence-corrected chi connectivity index (χ4v) is 2.58. The maximum Gasteiger partial charge on any atom is 0.140 e. The molecule has 0 heterocycles. The lowest BCUT2D eigenvalue weighted by atomic mass is 10.1. The van der Waals surface area contributed by atoms with E-state index in [1.54, 1.807) is 12.1 Å². The summed E-state index contributed by atoms with van der Waals surface area (Å²) in [6.07, 6.45) is 0. The molecule has 0 saturated carbocycles. The molecule has 1 unspecified atom stereocenters. The molecule has 0 aliphatic heterocycles. The largest absolute Gasteiger partial charge is 0.456 e. The highest BCUT2D eigenvalue weighted by molar-refractivity contribution is 14.1. The molecule has 1 N–H and O–H groups in total. The number of halogens is 2. The Kier molecular flexibility index (Phi) is 5.37. The molecule has 2 nitrogen and oxygen atoms in total. The van der Waals surface area contributed by atoms with Crippen molar-refractivity contribution in [3.63, 3.8) is 0 Å². The molecule has 2 aromatic carbocycles. The van der Waals surface area contributed by atoms with E-state index >= 15 is 0 Å². The lowest BCUT2D eigenvalue weighted by Gasteiger charge is -2.18. The van der Waals surface area contributed by atoms with Crippen molar-refractivity contribution in [3.05, 3.63) is 57.4 Å². The summed E-state index contributed by atoms with van der Waals surface area (Å²) in [5.74, 6) is 1.05. The van der Waals surface area contributed by atoms with Crippen LogP contribution in [0.1, 0.15) is 25.5 Å². The molecule has 0 aromatic heterocycles. The van der Waals surface area contributed by atoms with E-state index < -0.39 is 0 Å². The molecule has 2 aromatic rings. The highest BCUT2D eigenvalue weighted by Gasteiger charge is 2.17. The normalized spacial score (nSPS) is 12.2. The van der Waals surface area contributed by atoms with Crippen LogP contribution in [0.5, 0.6) is 11.5 Å². The van der Waals surface area contributed by atoms with Gasteiger partial charge in [-0.1, -0.05) is 25.1 Å². The average Bonchev–Trinajstić information content (AvgIpc) is 2.42. The standard InChI is InChI=1S/C16H17FINO/c1-3-19-11(2)16-12(17)7-6-10-15(16)20-14-9-5-4-8-13(14)18/h4-11,19H,3H2,1-2H3. The van der Waals surface area contributed by atoms with Gasteiger partial charge in [0.1, 0.15) is 17.3 Å². The van der Waals surface area contributed by atoms with Gasteiger partial charge in [-0.25, -0.2) is 4.39 Å². The fraction of sp³-hybridized carbons (Fsp3) is 0.250. The lowest BCUT2D eigenvalue weighted by molar-refractivity contribution is 0.446. The van der Waals surface area contributed by atoms with Gasteiger partial charge < -0.3 is 10.1 Å². The number of hydrogen-bond acceptors (Lipinski definition) is 2. The molecule has 1 atom stereocenters. The third-order valence-corrected chi connectivity index (χ3v) is 3.90. The first-order chi connectivity index (χ1) is 9.63. The summed E-state index contributed by atoms with van der Waals surface area (Å²) in [5, 5.41) is 3.22. The first-order valence-corrected chi connectivity index (χ1v) is 7.65. The van der Waals surface area contributed by atoms with Crippen LogP contribution in [0.15, 0.2) is 42.5 Å². The second kappa shape index (κ2) is 7.04. The zero-order valence-electron chi connectivity index (χ0n) is 11.5. The Morgan fingerprint density at radius 2 is 1.85 bits per heavy atom. The van der Waals surface area contributed by atoms with Crippen LogP contribution in [0.4, 0.5) is 4.39 Å². The van der Waals surface area contributed by atoms with Gasteiger partial charge in [-0.05, 0) is 60.3 Å². The number of benzene rings is 2. The fourth-order valence-electron chi connectivity index (χ4n) is 2.08. The maximum absolute atomic E-state index is 14.1. The van der Waals surface area contributed by atoms with Crippen LogP contribution in [0, 0.1) is 9.39 Å². The molecule has 0 bridgehead atoms. The van der Waals surface area contributed by atoms with Crippen LogP contribution in [-0.2, 0) is 0 Å². The van der Waals surface area contributed by atoms with Gasteiger partial charge in [-0.15, -0.1) is 0 Å². The Morgan fingerprint density at radius 1 is 1.15 bits per heavy atom. The van der Waals surface area contributed by atoms with Crippen molar-refractivity contribution in [1.82, 2.24) is 5.32 Å². The molecule has 0 radical (unpaired) electrons. The first-order valence-electron chi connectivity index (χ1n) is 6.57. The van der Waals surface area contributed by atoms with E-state index in [4.69, 9.17) is 4.74 Å². The second-order valence-electron chi connectivity index (χ2n) is 4.46. The van der Waals surface area contributed by atoms with E-state index in [0.717, 1.165) is 15.9 Å². The summed E-state index contributed by atoms with van der Waals surface area (Å²) < 4.78 is 21.0. The molecular weight excluding hydrogens is 368 g/mol. The van der Waals surface area contributed by atoms with Gasteiger partial charge >= 0.3 is 0 Å². The molecule has 0 spiro atoms. The highest BCUT2D eigenvalue weighted by Crippen LogP contribution is 2.33. The molecule has 4 heteroatoms. The maximum atomic E-state index is 14.1. The van der Waals surface area contributed by atoms with Crippen LogP contribution in [0.25, 0.3) is 0 Å². The molecule has 20 heavy (non-hydrogen) atoms. The van der Waals surface area contributed by atoms with E-state index in [2.05, 4.69) is 27.9 Å². The first kappa shape index (κ1) is 15.3. The van der Waals surface area contributed by atoms with E-state index in [1.165, 1.54) is 6.07 Å². The summed E-state index contributed by atoms with van der Waals surface area (Å²) in [6, 6.07) is 12.5. The Morgan fingerprint density at radius 3 is 2.55 bits per heavy atom. The van der Waals surface area contributed by atoms with Gasteiger partial charge in [0.2, 0.25) is 0 Å². The second-order valence-corrected chi connectivity index (χ2v) is 5.63. The molecule has 0 saturated heterocycles. The zero-order valence-corrected chi connectivity index (χ0v) is 13.6. The summed E-state index contributed by atoms with van der Waals surface area (Å²) in [6.45, 7) is 4.71. The molecule has 2 rings (SSSR count). The summed E-state index contributed by atoms with van der Waals surface area (Å²) in [5.41, 5.74) is 0.564. The van der Waals surface area contributed by atoms with E-state index in [1.807, 2.05) is 38.1 Å². The van der Waals surface area contributed by atoms with E-state index in [0.29, 0.717) is 11.3 Å². The Hall–Kier alpha value is -1.14. The predicted molar refractivity (Wildman–Crippen MR) is 87.7 cm³/mol. The minimum absolute atomic E-state index is 0.0995. The van der Waals surface area contributed by atoms with Crippen LogP contribution >= 0.6 is 22.6 Å². The van der Waals surface area contributed by atoms with Crippen LogP contribution in [0.3, 0.4) is 0 Å². The smallest absolute Gasteiger partial charge is 0.140 e. The van der Waals surface area contributed by atoms with E-state index in [9.17, 15) is 4.39 Å². The van der Waals surface area contributed by atoms with Crippen LogP contribution < -0.4 is 10.1 Å². The van der Waals surface area contributed by atoms with Crippen molar-refractivity contribution in [3.8, 4) is 11.5 Å². The highest BCUT2D eigenvalue weighted by atomic mass is 127. The number of para-hydroxylation sites is 1. The number of ether oxygens (including phenoxy) is 1. The summed E-state index contributed by atoms with van der Waals surface area (Å²) in [7, 11) is 0. The van der Waals surface area contributed by atoms with Crippen LogP contribution in [0.2, 0.25) is 0 Å². The van der Waals surface area contributed by atoms with Gasteiger partial charge in [0.25, 0.3) is 0 Å². The molecule has 0 fully saturated rings. The van der Waals surface area contributed by atoms with Gasteiger partial charge in [0, 0.05) is 11.6 Å². The van der Waals surface area contributed by atoms with Crippen molar-refractivity contribution in [2.24, 2.45) is 0 Å². The number of rotatable bonds is 5. The van der Waals surface area contributed by atoms with Crippen molar-refractivity contribution in [2.75, 3.05) is 6.54 Å². The molecule has 106 valence electrons. The zero-order chi connectivity index (χ0) is 14.5. The van der Waals surface area contributed by atoms with Crippen molar-refractivity contribution in [2.45, 2.75) is 19.9 Å². The van der Waals surface area contributed by atoms with E-state index in [-0.39, 0.29) is 11.9 Å². The monoisotopic (exact) mass is 385 g/mol. The minimum atomic E-state index is -0.248. The van der Waals surface area contributed by atoms with Gasteiger partial charge in [0.05, 0.1) is 3.57 Å². The Bertz CT molecular complexity index is 588. The molecule has 0 aliphatic carbocycles. The average molecular weight is 385 g/mol. The summed E-state index contributed by atoms with van der Waals surface area (Å²) in [4.78, 5) is 0. The Balaban J connectivity index is 2.37. The van der Waals surface area contributed by atoms with Gasteiger partial charge in [-0.3, -0.25) is 0 Å². The molecular formula is C16H17FINO. The molecule has 0 amide bonds. The van der Waals surface area contributed by atoms with Crippen molar-refractivity contribution < 1.29 is 9.13 Å². The van der Waals surface area contributed by atoms with Gasteiger partial charge in [0.15, 0.2) is 0 Å². The third kappa shape index (κ3) is 3.49. The SMILES string of the molecule is CCNC(C)c1c(F)cccc1Oc1ccccc1I. The van der Waals surface area contributed by atoms with Gasteiger partial charge in [-0.2, -0.15) is 0 Å². The van der Waals surface area contributed by atoms with Crippen molar-refractivity contribution >= 4 is 22.6 Å². The van der Waals surface area contributed by atoms with Crippen LogP contribution in [-0.4, -0.2) is 6.54 Å². The topological polar surface area (TPSA) is 21.3 Å². The predicted octanol–water partition coefficient (Wildman–Crippen LogP) is 4.89. The number of hydrogen-bond donors (Lipinski definition) is 1. The minimum Gasteiger partial charge on any atom is -0.456 e.